The third-order valence-electron chi connectivity index (χ3n) is 2.77. The van der Waals surface area contributed by atoms with E-state index in [2.05, 4.69) is 24.2 Å². The Bertz CT molecular complexity index is 334. The van der Waals surface area contributed by atoms with E-state index in [4.69, 9.17) is 0 Å². The number of amides is 1. The molecule has 1 heterocycles. The zero-order valence-corrected chi connectivity index (χ0v) is 10.6. The quantitative estimate of drug-likeness (QED) is 0.821. The minimum absolute atomic E-state index is 0.0334. The van der Waals surface area contributed by atoms with E-state index in [0.717, 1.165) is 24.5 Å². The number of nitrogens with one attached hydrogen (secondary N) is 1. The van der Waals surface area contributed by atoms with E-state index in [1.54, 1.807) is 0 Å². The number of aryl methyl sites for hydroxylation is 2. The maximum absolute atomic E-state index is 11.8. The second kappa shape index (κ2) is 5.70. The first-order chi connectivity index (χ1) is 7.58. The number of hydrogen-bond donors (Lipinski definition) is 1. The molecule has 4 nitrogen and oxygen atoms in total. The van der Waals surface area contributed by atoms with Crippen molar-refractivity contribution in [2.75, 3.05) is 25.1 Å². The van der Waals surface area contributed by atoms with Crippen LogP contribution in [-0.2, 0) is 4.79 Å². The summed E-state index contributed by atoms with van der Waals surface area (Å²) in [5, 5.41) is 0. The van der Waals surface area contributed by atoms with Crippen LogP contribution in [0.2, 0.25) is 0 Å². The fourth-order valence-corrected chi connectivity index (χ4v) is 1.66. The van der Waals surface area contributed by atoms with Crippen LogP contribution in [0, 0.1) is 13.8 Å². The van der Waals surface area contributed by atoms with Gasteiger partial charge in [-0.15, -0.1) is 0 Å². The molecular formula is C12H21N3O. The first-order valence-corrected chi connectivity index (χ1v) is 5.75. The SMILES string of the molecule is CCN(CC)CC(=O)Nn1c(C)ccc1C. The van der Waals surface area contributed by atoms with Crippen LogP contribution in [0.5, 0.6) is 0 Å². The highest BCUT2D eigenvalue weighted by Gasteiger charge is 2.09. The summed E-state index contributed by atoms with van der Waals surface area (Å²) in [7, 11) is 0. The van der Waals surface area contributed by atoms with E-state index in [1.165, 1.54) is 0 Å². The molecule has 0 aliphatic rings. The molecular weight excluding hydrogens is 202 g/mol. The second-order valence-electron chi connectivity index (χ2n) is 3.95. The van der Waals surface area contributed by atoms with Crippen LogP contribution < -0.4 is 5.43 Å². The summed E-state index contributed by atoms with van der Waals surface area (Å²) >= 11 is 0. The van der Waals surface area contributed by atoms with E-state index >= 15 is 0 Å². The number of carbonyl (C=O) groups is 1. The lowest BCUT2D eigenvalue weighted by molar-refractivity contribution is -0.118. The third kappa shape index (κ3) is 3.10. The van der Waals surface area contributed by atoms with Gasteiger partial charge in [0.25, 0.3) is 5.91 Å². The molecule has 1 rings (SSSR count). The highest BCUT2D eigenvalue weighted by atomic mass is 16.2. The molecule has 1 N–H and O–H groups in total. The first kappa shape index (κ1) is 12.8. The fraction of sp³-hybridized carbons (Fsp3) is 0.583. The smallest absolute Gasteiger partial charge is 0.252 e. The largest absolute Gasteiger partial charge is 0.295 e. The Hall–Kier alpha value is -1.29. The molecule has 0 aliphatic carbocycles. The van der Waals surface area contributed by atoms with Gasteiger partial charge in [0.1, 0.15) is 0 Å². The normalized spacial score (nSPS) is 10.8. The molecule has 0 atom stereocenters. The summed E-state index contributed by atoms with van der Waals surface area (Å²) in [5.74, 6) is 0.0334. The van der Waals surface area contributed by atoms with E-state index in [-0.39, 0.29) is 5.91 Å². The van der Waals surface area contributed by atoms with Crippen LogP contribution in [0.1, 0.15) is 25.2 Å². The number of aromatic nitrogens is 1. The van der Waals surface area contributed by atoms with Crippen LogP contribution in [0.3, 0.4) is 0 Å². The molecule has 4 heteroatoms. The first-order valence-electron chi connectivity index (χ1n) is 5.75. The lowest BCUT2D eigenvalue weighted by Gasteiger charge is -2.18. The van der Waals surface area contributed by atoms with Crippen LogP contribution in [0.4, 0.5) is 0 Å². The van der Waals surface area contributed by atoms with Crippen LogP contribution in [0.15, 0.2) is 12.1 Å². The zero-order valence-electron chi connectivity index (χ0n) is 10.6. The van der Waals surface area contributed by atoms with Gasteiger partial charge < -0.3 is 0 Å². The fourth-order valence-electron chi connectivity index (χ4n) is 1.66. The summed E-state index contributed by atoms with van der Waals surface area (Å²) in [6.07, 6.45) is 0. The number of carbonyl (C=O) groups excluding carboxylic acids is 1. The van der Waals surface area contributed by atoms with E-state index in [0.29, 0.717) is 6.54 Å². The zero-order chi connectivity index (χ0) is 12.1. The Kier molecular flexibility index (Phi) is 4.55. The van der Waals surface area contributed by atoms with Gasteiger partial charge in [0.15, 0.2) is 0 Å². The maximum Gasteiger partial charge on any atom is 0.252 e. The Balaban J connectivity index is 2.58. The number of rotatable bonds is 5. The molecule has 0 spiro atoms. The topological polar surface area (TPSA) is 37.3 Å². The van der Waals surface area contributed by atoms with Crippen molar-refractivity contribution in [3.05, 3.63) is 23.5 Å². The summed E-state index contributed by atoms with van der Waals surface area (Å²) < 4.78 is 1.83. The third-order valence-corrected chi connectivity index (χ3v) is 2.77. The highest BCUT2D eigenvalue weighted by molar-refractivity contribution is 5.85. The molecule has 0 aliphatic heterocycles. The van der Waals surface area contributed by atoms with E-state index < -0.39 is 0 Å². The monoisotopic (exact) mass is 223 g/mol. The van der Waals surface area contributed by atoms with Gasteiger partial charge in [-0.2, -0.15) is 0 Å². The minimum atomic E-state index is 0.0334. The molecule has 1 aromatic rings. The van der Waals surface area contributed by atoms with Crippen molar-refractivity contribution in [1.29, 1.82) is 0 Å². The lowest BCUT2D eigenvalue weighted by atomic mass is 10.4. The Labute approximate surface area is 97.2 Å². The lowest BCUT2D eigenvalue weighted by Crippen LogP contribution is -2.36. The highest BCUT2D eigenvalue weighted by Crippen LogP contribution is 2.03. The van der Waals surface area contributed by atoms with Crippen molar-refractivity contribution in [3.63, 3.8) is 0 Å². The molecule has 16 heavy (non-hydrogen) atoms. The van der Waals surface area contributed by atoms with Gasteiger partial charge in [0.05, 0.1) is 6.54 Å². The number of nitrogens with zero attached hydrogens (tertiary/aromatic N) is 2. The molecule has 0 fully saturated rings. The average Bonchev–Trinajstić information content (AvgIpc) is 2.57. The molecule has 1 aromatic heterocycles. The van der Waals surface area contributed by atoms with Crippen molar-refractivity contribution in [3.8, 4) is 0 Å². The molecule has 0 aromatic carbocycles. The van der Waals surface area contributed by atoms with Gasteiger partial charge in [-0.1, -0.05) is 13.8 Å². The Morgan fingerprint density at radius 2 is 1.75 bits per heavy atom. The maximum atomic E-state index is 11.8. The Morgan fingerprint density at radius 1 is 1.25 bits per heavy atom. The average molecular weight is 223 g/mol. The van der Waals surface area contributed by atoms with Gasteiger partial charge in [-0.05, 0) is 39.1 Å². The van der Waals surface area contributed by atoms with Crippen molar-refractivity contribution in [1.82, 2.24) is 9.58 Å². The van der Waals surface area contributed by atoms with Crippen molar-refractivity contribution < 1.29 is 4.79 Å². The predicted octanol–water partition coefficient (Wildman–Crippen LogP) is 1.52. The van der Waals surface area contributed by atoms with E-state index in [1.807, 2.05) is 30.7 Å². The second-order valence-corrected chi connectivity index (χ2v) is 3.95. The van der Waals surface area contributed by atoms with Crippen LogP contribution in [-0.4, -0.2) is 35.1 Å². The molecule has 1 amide bonds. The molecule has 0 bridgehead atoms. The minimum Gasteiger partial charge on any atom is -0.295 e. The summed E-state index contributed by atoms with van der Waals surface area (Å²) in [6, 6.07) is 3.99. The van der Waals surface area contributed by atoms with Gasteiger partial charge >= 0.3 is 0 Å². The Morgan fingerprint density at radius 3 is 2.19 bits per heavy atom. The summed E-state index contributed by atoms with van der Waals surface area (Å²) in [5.41, 5.74) is 4.99. The molecule has 90 valence electrons. The van der Waals surface area contributed by atoms with Gasteiger partial charge in [-0.3, -0.25) is 19.8 Å². The number of likely N-dealkylation sites (N-methyl/N-ethyl adjacent to an activating group) is 1. The van der Waals surface area contributed by atoms with E-state index in [9.17, 15) is 4.79 Å². The molecule has 0 saturated heterocycles. The van der Waals surface area contributed by atoms with Gasteiger partial charge in [0, 0.05) is 11.4 Å². The standard InChI is InChI=1S/C12H21N3O/c1-5-14(6-2)9-12(16)13-15-10(3)7-8-11(15)4/h7-8H,5-6,9H2,1-4H3,(H,13,16). The molecule has 0 radical (unpaired) electrons. The van der Waals surface area contributed by atoms with Crippen LogP contribution in [0.25, 0.3) is 0 Å². The summed E-state index contributed by atoms with van der Waals surface area (Å²) in [4.78, 5) is 13.9. The molecule has 0 unspecified atom stereocenters. The summed E-state index contributed by atoms with van der Waals surface area (Å²) in [6.45, 7) is 10.3. The number of hydrogen-bond acceptors (Lipinski definition) is 2. The van der Waals surface area contributed by atoms with Gasteiger partial charge in [-0.25, -0.2) is 0 Å². The van der Waals surface area contributed by atoms with Crippen molar-refractivity contribution in [2.24, 2.45) is 0 Å². The molecule has 0 saturated carbocycles. The predicted molar refractivity (Wildman–Crippen MR) is 66.1 cm³/mol. The van der Waals surface area contributed by atoms with Crippen molar-refractivity contribution >= 4 is 5.91 Å². The van der Waals surface area contributed by atoms with Gasteiger partial charge in [0.2, 0.25) is 0 Å². The van der Waals surface area contributed by atoms with Crippen LogP contribution >= 0.6 is 0 Å². The van der Waals surface area contributed by atoms with Crippen molar-refractivity contribution in [2.45, 2.75) is 27.7 Å².